The number of aryl methyl sites for hydroxylation is 1. The summed E-state index contributed by atoms with van der Waals surface area (Å²) in [6.45, 7) is 2.13. The number of phenols is 1. The molecular weight excluding hydrogens is 184 g/mol. The molecule has 1 aromatic carbocycles. The summed E-state index contributed by atoms with van der Waals surface area (Å²) >= 11 is 0. The van der Waals surface area contributed by atoms with Crippen LogP contribution in [0.25, 0.3) is 0 Å². The highest BCUT2D eigenvalue weighted by molar-refractivity contribution is 5.37. The minimum Gasteiger partial charge on any atom is -0.508 e. The number of hydrogen-bond acceptors (Lipinski definition) is 1. The molecule has 15 heavy (non-hydrogen) atoms. The van der Waals surface area contributed by atoms with Crippen molar-refractivity contribution < 1.29 is 5.11 Å². The van der Waals surface area contributed by atoms with E-state index in [1.165, 1.54) is 36.8 Å². The number of aromatic hydroxyl groups is 1. The molecular formula is C14H18O. The van der Waals surface area contributed by atoms with E-state index in [1.54, 1.807) is 0 Å². The van der Waals surface area contributed by atoms with E-state index in [2.05, 4.69) is 13.0 Å². The minimum absolute atomic E-state index is 0.402. The molecule has 1 heteroatoms. The zero-order valence-electron chi connectivity index (χ0n) is 9.24. The molecule has 0 spiro atoms. The second-order valence-corrected chi connectivity index (χ2v) is 5.32. The zero-order valence-corrected chi connectivity index (χ0v) is 9.24. The average Bonchev–Trinajstić information content (AvgIpc) is 2.78. The van der Waals surface area contributed by atoms with Crippen LogP contribution in [0.1, 0.15) is 42.7 Å². The van der Waals surface area contributed by atoms with Gasteiger partial charge in [0.1, 0.15) is 5.75 Å². The van der Waals surface area contributed by atoms with Crippen molar-refractivity contribution in [1.29, 1.82) is 0 Å². The maximum Gasteiger partial charge on any atom is 0.115 e. The van der Waals surface area contributed by atoms with Gasteiger partial charge in [0, 0.05) is 0 Å². The zero-order chi connectivity index (χ0) is 10.4. The van der Waals surface area contributed by atoms with Gasteiger partial charge in [-0.25, -0.2) is 0 Å². The van der Waals surface area contributed by atoms with Crippen molar-refractivity contribution in [2.24, 2.45) is 11.8 Å². The molecule has 2 saturated carbocycles. The van der Waals surface area contributed by atoms with E-state index in [1.807, 2.05) is 12.1 Å². The molecule has 0 amide bonds. The molecule has 80 valence electrons. The smallest absolute Gasteiger partial charge is 0.115 e. The molecule has 2 bridgehead atoms. The maximum absolute atomic E-state index is 9.41. The Hall–Kier alpha value is -0.980. The Morgan fingerprint density at radius 1 is 1.20 bits per heavy atom. The number of rotatable bonds is 1. The Bertz CT molecular complexity index is 383. The molecule has 1 nitrogen and oxygen atoms in total. The molecule has 0 unspecified atom stereocenters. The molecule has 2 aliphatic carbocycles. The third-order valence-corrected chi connectivity index (χ3v) is 4.39. The highest BCUT2D eigenvalue weighted by Crippen LogP contribution is 2.53. The fourth-order valence-corrected chi connectivity index (χ4v) is 3.70. The molecule has 0 heterocycles. The molecule has 2 fully saturated rings. The summed E-state index contributed by atoms with van der Waals surface area (Å²) in [5.41, 5.74) is 2.76. The van der Waals surface area contributed by atoms with E-state index < -0.39 is 0 Å². The van der Waals surface area contributed by atoms with Gasteiger partial charge in [-0.1, -0.05) is 12.5 Å². The first-order valence-electron chi connectivity index (χ1n) is 6.03. The Kier molecular flexibility index (Phi) is 2.01. The van der Waals surface area contributed by atoms with Gasteiger partial charge >= 0.3 is 0 Å². The molecule has 0 radical (unpaired) electrons. The van der Waals surface area contributed by atoms with Crippen molar-refractivity contribution in [2.75, 3.05) is 0 Å². The number of hydrogen-bond donors (Lipinski definition) is 1. The van der Waals surface area contributed by atoms with Gasteiger partial charge in [0.05, 0.1) is 0 Å². The lowest BCUT2D eigenvalue weighted by Gasteiger charge is -2.23. The van der Waals surface area contributed by atoms with Crippen LogP contribution in [0.4, 0.5) is 0 Å². The molecule has 0 aliphatic heterocycles. The van der Waals surface area contributed by atoms with Crippen molar-refractivity contribution >= 4 is 0 Å². The van der Waals surface area contributed by atoms with Crippen molar-refractivity contribution in [3.8, 4) is 5.75 Å². The highest BCUT2D eigenvalue weighted by atomic mass is 16.3. The van der Waals surface area contributed by atoms with Gasteiger partial charge in [-0.2, -0.15) is 0 Å². The number of benzene rings is 1. The van der Waals surface area contributed by atoms with E-state index in [0.29, 0.717) is 5.75 Å². The van der Waals surface area contributed by atoms with Crippen molar-refractivity contribution in [3.63, 3.8) is 0 Å². The van der Waals surface area contributed by atoms with Gasteiger partial charge in [0.25, 0.3) is 0 Å². The van der Waals surface area contributed by atoms with Crippen molar-refractivity contribution in [1.82, 2.24) is 0 Å². The van der Waals surface area contributed by atoms with E-state index in [0.717, 1.165) is 17.8 Å². The first-order valence-corrected chi connectivity index (χ1v) is 6.03. The Morgan fingerprint density at radius 2 is 2.07 bits per heavy atom. The van der Waals surface area contributed by atoms with Crippen LogP contribution in [0.5, 0.6) is 5.75 Å². The lowest BCUT2D eigenvalue weighted by molar-refractivity contribution is 0.417. The van der Waals surface area contributed by atoms with Gasteiger partial charge in [-0.3, -0.25) is 0 Å². The van der Waals surface area contributed by atoms with Gasteiger partial charge in [0.2, 0.25) is 0 Å². The van der Waals surface area contributed by atoms with Gasteiger partial charge in [-0.05, 0) is 67.2 Å². The lowest BCUT2D eigenvalue weighted by Crippen LogP contribution is -2.09. The standard InChI is InChI=1S/C14H18O/c1-9-6-12(15)4-5-13(9)14-8-10-2-3-11(14)7-10/h4-6,10-11,14-15H,2-3,7-8H2,1H3/t10-,11-,14-/m1/s1. The number of fused-ring (bicyclic) bond motifs is 2. The van der Waals surface area contributed by atoms with Crippen LogP contribution in [0.3, 0.4) is 0 Å². The van der Waals surface area contributed by atoms with Crippen LogP contribution in [0.2, 0.25) is 0 Å². The quantitative estimate of drug-likeness (QED) is 0.737. The molecule has 0 saturated heterocycles. The minimum atomic E-state index is 0.402. The SMILES string of the molecule is Cc1cc(O)ccc1[C@@H]1C[C@@H]2CC[C@@H]1C2. The Labute approximate surface area is 91.1 Å². The van der Waals surface area contributed by atoms with Gasteiger partial charge in [0.15, 0.2) is 0 Å². The molecule has 2 aliphatic rings. The summed E-state index contributed by atoms with van der Waals surface area (Å²) in [5, 5.41) is 9.41. The topological polar surface area (TPSA) is 20.2 Å². The highest BCUT2D eigenvalue weighted by Gasteiger charge is 2.40. The Balaban J connectivity index is 1.93. The van der Waals surface area contributed by atoms with Crippen LogP contribution < -0.4 is 0 Å². The largest absolute Gasteiger partial charge is 0.508 e. The predicted octanol–water partition coefficient (Wildman–Crippen LogP) is 3.60. The average molecular weight is 202 g/mol. The van der Waals surface area contributed by atoms with Crippen LogP contribution >= 0.6 is 0 Å². The first kappa shape index (κ1) is 9.26. The normalized spacial score (nSPS) is 33.5. The van der Waals surface area contributed by atoms with E-state index in [9.17, 15) is 5.11 Å². The van der Waals surface area contributed by atoms with Gasteiger partial charge in [-0.15, -0.1) is 0 Å². The van der Waals surface area contributed by atoms with Crippen molar-refractivity contribution in [3.05, 3.63) is 29.3 Å². The summed E-state index contributed by atoms with van der Waals surface area (Å²) in [7, 11) is 0. The van der Waals surface area contributed by atoms with Crippen LogP contribution in [-0.4, -0.2) is 5.11 Å². The van der Waals surface area contributed by atoms with Crippen molar-refractivity contribution in [2.45, 2.75) is 38.5 Å². The van der Waals surface area contributed by atoms with Gasteiger partial charge < -0.3 is 5.11 Å². The van der Waals surface area contributed by atoms with E-state index in [4.69, 9.17) is 0 Å². The van der Waals surface area contributed by atoms with E-state index >= 15 is 0 Å². The molecule has 1 aromatic rings. The third-order valence-electron chi connectivity index (χ3n) is 4.39. The fourth-order valence-electron chi connectivity index (χ4n) is 3.70. The van der Waals surface area contributed by atoms with Crippen LogP contribution in [0.15, 0.2) is 18.2 Å². The summed E-state index contributed by atoms with van der Waals surface area (Å²) in [6, 6.07) is 5.88. The second-order valence-electron chi connectivity index (χ2n) is 5.32. The summed E-state index contributed by atoms with van der Waals surface area (Å²) in [4.78, 5) is 0. The summed E-state index contributed by atoms with van der Waals surface area (Å²) < 4.78 is 0. The third kappa shape index (κ3) is 1.45. The number of phenolic OH excluding ortho intramolecular Hbond substituents is 1. The van der Waals surface area contributed by atoms with Crippen LogP contribution in [0, 0.1) is 18.8 Å². The summed E-state index contributed by atoms with van der Waals surface area (Å²) in [5.74, 6) is 3.11. The monoisotopic (exact) mass is 202 g/mol. The fraction of sp³-hybridized carbons (Fsp3) is 0.571. The molecule has 3 rings (SSSR count). The molecule has 1 N–H and O–H groups in total. The molecule has 3 atom stereocenters. The lowest BCUT2D eigenvalue weighted by atomic mass is 9.82. The van der Waals surface area contributed by atoms with E-state index in [-0.39, 0.29) is 0 Å². The molecule has 0 aromatic heterocycles. The first-order chi connectivity index (χ1) is 7.24. The Morgan fingerprint density at radius 3 is 2.67 bits per heavy atom. The maximum atomic E-state index is 9.41. The second kappa shape index (κ2) is 3.26. The summed E-state index contributed by atoms with van der Waals surface area (Å²) in [6.07, 6.45) is 5.72. The van der Waals surface area contributed by atoms with Crippen LogP contribution in [-0.2, 0) is 0 Å². The predicted molar refractivity (Wildman–Crippen MR) is 61.0 cm³/mol.